The van der Waals surface area contributed by atoms with Crippen molar-refractivity contribution in [2.45, 2.75) is 6.92 Å². The summed E-state index contributed by atoms with van der Waals surface area (Å²) in [4.78, 5) is 13.7. The summed E-state index contributed by atoms with van der Waals surface area (Å²) >= 11 is 0. The number of amidine groups is 1. The second-order valence-electron chi connectivity index (χ2n) is 1.78. The van der Waals surface area contributed by atoms with Crippen LogP contribution in [0.1, 0.15) is 6.92 Å². The van der Waals surface area contributed by atoms with E-state index in [1.54, 1.807) is 0 Å². The van der Waals surface area contributed by atoms with Gasteiger partial charge in [-0.2, -0.15) is 0 Å². The van der Waals surface area contributed by atoms with E-state index >= 15 is 0 Å². The molecular weight excluding hydrogens is 132 g/mol. The molecule has 4 nitrogen and oxygen atoms in total. The Hall–Kier alpha value is -1.32. The fraction of sp³-hybridized carbons (Fsp3) is 0.333. The highest BCUT2D eigenvalue weighted by molar-refractivity contribution is 5.99. The van der Waals surface area contributed by atoms with Gasteiger partial charge in [-0.15, -0.1) is 0 Å². The number of carboxylic acid groups (broad SMARTS) is 1. The van der Waals surface area contributed by atoms with Crippen LogP contribution in [0.2, 0.25) is 0 Å². The van der Waals surface area contributed by atoms with Crippen molar-refractivity contribution in [2.24, 2.45) is 10.7 Å². The quantitative estimate of drug-likeness (QED) is 0.324. The van der Waals surface area contributed by atoms with E-state index in [1.165, 1.54) is 20.0 Å². The van der Waals surface area contributed by atoms with Gasteiger partial charge in [0.05, 0.1) is 0 Å². The van der Waals surface area contributed by atoms with Crippen LogP contribution >= 0.6 is 0 Å². The molecule has 0 bridgehead atoms. The number of hydrogen-bond donors (Lipinski definition) is 2. The van der Waals surface area contributed by atoms with Crippen molar-refractivity contribution in [3.05, 3.63) is 11.6 Å². The lowest BCUT2D eigenvalue weighted by Crippen LogP contribution is -2.10. The van der Waals surface area contributed by atoms with Crippen LogP contribution in [0.4, 0.5) is 0 Å². The lowest BCUT2D eigenvalue weighted by atomic mass is 10.3. The minimum atomic E-state index is -0.980. The van der Waals surface area contributed by atoms with Crippen LogP contribution in [0, 0.1) is 0 Å². The SMILES string of the molecule is CN=C(N)C=C(C)C(=O)O. The maximum atomic E-state index is 10.2. The van der Waals surface area contributed by atoms with Crippen LogP contribution in [0.15, 0.2) is 16.6 Å². The maximum absolute atomic E-state index is 10.2. The van der Waals surface area contributed by atoms with Gasteiger partial charge in [0.1, 0.15) is 5.84 Å². The third-order valence-electron chi connectivity index (χ3n) is 0.960. The summed E-state index contributed by atoms with van der Waals surface area (Å²) in [5, 5.41) is 8.35. The molecule has 0 aromatic carbocycles. The van der Waals surface area contributed by atoms with Crippen molar-refractivity contribution in [1.82, 2.24) is 0 Å². The van der Waals surface area contributed by atoms with Gasteiger partial charge in [0.15, 0.2) is 0 Å². The van der Waals surface area contributed by atoms with Gasteiger partial charge >= 0.3 is 5.97 Å². The third kappa shape index (κ3) is 2.86. The summed E-state index contributed by atoms with van der Waals surface area (Å²) in [6, 6.07) is 0. The Morgan fingerprint density at radius 1 is 1.70 bits per heavy atom. The van der Waals surface area contributed by atoms with Crippen molar-refractivity contribution in [3.63, 3.8) is 0 Å². The summed E-state index contributed by atoms with van der Waals surface area (Å²) in [6.45, 7) is 1.46. The molecule has 0 radical (unpaired) electrons. The Kier molecular flexibility index (Phi) is 3.17. The lowest BCUT2D eigenvalue weighted by molar-refractivity contribution is -0.132. The van der Waals surface area contributed by atoms with Crippen molar-refractivity contribution < 1.29 is 9.90 Å². The predicted molar refractivity (Wildman–Crippen MR) is 38.9 cm³/mol. The van der Waals surface area contributed by atoms with Gasteiger partial charge in [-0.1, -0.05) is 0 Å². The predicted octanol–water partition coefficient (Wildman–Crippen LogP) is 0.00430. The summed E-state index contributed by atoms with van der Waals surface area (Å²) in [7, 11) is 1.50. The first-order chi connectivity index (χ1) is 4.57. The van der Waals surface area contributed by atoms with E-state index in [4.69, 9.17) is 10.8 Å². The highest BCUT2D eigenvalue weighted by Gasteiger charge is 1.98. The number of nitrogens with two attached hydrogens (primary N) is 1. The van der Waals surface area contributed by atoms with Crippen LogP contribution in [-0.4, -0.2) is 24.0 Å². The average molecular weight is 142 g/mol. The molecule has 0 aromatic rings. The molecule has 3 N–H and O–H groups in total. The summed E-state index contributed by atoms with van der Waals surface area (Å²) in [6.07, 6.45) is 1.31. The molecular formula is C6H10N2O2. The van der Waals surface area contributed by atoms with E-state index in [1.807, 2.05) is 0 Å². The molecule has 0 heterocycles. The molecule has 0 atom stereocenters. The molecule has 0 rings (SSSR count). The lowest BCUT2D eigenvalue weighted by Gasteiger charge is -1.91. The first-order valence-corrected chi connectivity index (χ1v) is 2.71. The minimum Gasteiger partial charge on any atom is -0.478 e. The molecule has 0 spiro atoms. The van der Waals surface area contributed by atoms with E-state index in [-0.39, 0.29) is 11.4 Å². The van der Waals surface area contributed by atoms with Gasteiger partial charge in [0.2, 0.25) is 0 Å². The van der Waals surface area contributed by atoms with Crippen molar-refractivity contribution in [2.75, 3.05) is 7.05 Å². The number of carboxylic acids is 1. The maximum Gasteiger partial charge on any atom is 0.331 e. The molecule has 56 valence electrons. The van der Waals surface area contributed by atoms with Crippen LogP contribution < -0.4 is 5.73 Å². The summed E-state index contributed by atoms with van der Waals surface area (Å²) < 4.78 is 0. The van der Waals surface area contributed by atoms with E-state index < -0.39 is 5.97 Å². The van der Waals surface area contributed by atoms with Gasteiger partial charge in [0.25, 0.3) is 0 Å². The van der Waals surface area contributed by atoms with Gasteiger partial charge in [-0.05, 0) is 13.0 Å². The van der Waals surface area contributed by atoms with Gasteiger partial charge in [0, 0.05) is 12.6 Å². The van der Waals surface area contributed by atoms with Gasteiger partial charge in [-0.3, -0.25) is 4.99 Å². The van der Waals surface area contributed by atoms with Crippen molar-refractivity contribution in [1.29, 1.82) is 0 Å². The Bertz CT molecular complexity index is 194. The van der Waals surface area contributed by atoms with Crippen molar-refractivity contribution >= 4 is 11.8 Å². The number of aliphatic imine (C=N–C) groups is 1. The molecule has 4 heteroatoms. The number of hydrogen-bond acceptors (Lipinski definition) is 2. The highest BCUT2D eigenvalue weighted by Crippen LogP contribution is 1.90. The van der Waals surface area contributed by atoms with Crippen LogP contribution in [0.5, 0.6) is 0 Å². The average Bonchev–Trinajstić information content (AvgIpc) is 1.87. The molecule has 0 aliphatic carbocycles. The number of carbonyl (C=O) groups is 1. The molecule has 0 saturated carbocycles. The Balaban J connectivity index is 4.31. The van der Waals surface area contributed by atoms with Gasteiger partial charge in [-0.25, -0.2) is 4.79 Å². The molecule has 0 amide bonds. The Morgan fingerprint density at radius 3 is 2.50 bits per heavy atom. The topological polar surface area (TPSA) is 75.7 Å². The van der Waals surface area contributed by atoms with E-state index in [9.17, 15) is 4.79 Å². The number of aliphatic carboxylic acids is 1. The Labute approximate surface area is 59.1 Å². The first-order valence-electron chi connectivity index (χ1n) is 2.71. The second-order valence-corrected chi connectivity index (χ2v) is 1.78. The van der Waals surface area contributed by atoms with Gasteiger partial charge < -0.3 is 10.8 Å². The van der Waals surface area contributed by atoms with E-state index in [0.717, 1.165) is 0 Å². The van der Waals surface area contributed by atoms with Crippen molar-refractivity contribution in [3.8, 4) is 0 Å². The zero-order valence-corrected chi connectivity index (χ0v) is 5.96. The van der Waals surface area contributed by atoms with Crippen LogP contribution in [0.25, 0.3) is 0 Å². The van der Waals surface area contributed by atoms with Crippen LogP contribution in [0.3, 0.4) is 0 Å². The molecule has 0 unspecified atom stereocenters. The molecule has 0 saturated heterocycles. The third-order valence-corrected chi connectivity index (χ3v) is 0.960. The Morgan fingerprint density at radius 2 is 2.20 bits per heavy atom. The zero-order valence-electron chi connectivity index (χ0n) is 5.96. The van der Waals surface area contributed by atoms with E-state index in [2.05, 4.69) is 4.99 Å². The minimum absolute atomic E-state index is 0.183. The normalized spacial score (nSPS) is 13.4. The zero-order chi connectivity index (χ0) is 8.15. The monoisotopic (exact) mass is 142 g/mol. The number of rotatable bonds is 2. The largest absolute Gasteiger partial charge is 0.478 e. The molecule has 0 aliphatic heterocycles. The molecule has 0 fully saturated rings. The smallest absolute Gasteiger partial charge is 0.331 e. The number of nitrogens with zero attached hydrogens (tertiary/aromatic N) is 1. The summed E-state index contributed by atoms with van der Waals surface area (Å²) in [5.41, 5.74) is 5.41. The highest BCUT2D eigenvalue weighted by atomic mass is 16.4. The van der Waals surface area contributed by atoms with Crippen LogP contribution in [-0.2, 0) is 4.79 Å². The first kappa shape index (κ1) is 8.68. The summed E-state index contributed by atoms with van der Waals surface area (Å²) in [5.74, 6) is -0.758. The molecule has 10 heavy (non-hydrogen) atoms. The standard InChI is InChI=1S/C6H10N2O2/c1-4(6(9)10)3-5(7)8-2/h3H,1-2H3,(H2,7,8)(H,9,10). The fourth-order valence-corrected chi connectivity index (χ4v) is 0.348. The van der Waals surface area contributed by atoms with E-state index in [0.29, 0.717) is 0 Å². The molecule has 0 aromatic heterocycles. The fourth-order valence-electron chi connectivity index (χ4n) is 0.348. The molecule has 0 aliphatic rings. The second kappa shape index (κ2) is 3.66.